The van der Waals surface area contributed by atoms with Crippen molar-refractivity contribution in [2.24, 2.45) is 5.92 Å². The molecule has 1 fully saturated rings. The molecular formula is C17H18N2O2S. The lowest BCUT2D eigenvalue weighted by atomic mass is 9.91. The fraction of sp³-hybridized carbons (Fsp3) is 0.294. The highest BCUT2D eigenvalue weighted by Crippen LogP contribution is 2.25. The van der Waals surface area contributed by atoms with Crippen LogP contribution >= 0.6 is 11.3 Å². The Labute approximate surface area is 133 Å². The van der Waals surface area contributed by atoms with E-state index in [4.69, 9.17) is 5.73 Å². The van der Waals surface area contributed by atoms with E-state index in [9.17, 15) is 9.59 Å². The molecule has 1 aliphatic heterocycles. The zero-order valence-electron chi connectivity index (χ0n) is 12.2. The average Bonchev–Trinajstić information content (AvgIpc) is 3.09. The summed E-state index contributed by atoms with van der Waals surface area (Å²) in [5.41, 5.74) is 6.92. The number of amides is 1. The van der Waals surface area contributed by atoms with E-state index >= 15 is 0 Å². The van der Waals surface area contributed by atoms with Crippen LogP contribution in [-0.4, -0.2) is 29.7 Å². The van der Waals surface area contributed by atoms with Gasteiger partial charge in [-0.15, -0.1) is 11.3 Å². The average molecular weight is 314 g/mol. The van der Waals surface area contributed by atoms with Crippen molar-refractivity contribution < 1.29 is 9.59 Å². The van der Waals surface area contributed by atoms with Crippen LogP contribution in [0.5, 0.6) is 0 Å². The van der Waals surface area contributed by atoms with Crippen LogP contribution in [-0.2, 0) is 0 Å². The number of thiophene rings is 1. The summed E-state index contributed by atoms with van der Waals surface area (Å²) in [5.74, 6) is 0.192. The molecule has 1 aromatic heterocycles. The zero-order chi connectivity index (χ0) is 15.5. The molecule has 0 spiro atoms. The molecular weight excluding hydrogens is 296 g/mol. The van der Waals surface area contributed by atoms with Crippen molar-refractivity contribution in [2.75, 3.05) is 18.8 Å². The quantitative estimate of drug-likeness (QED) is 0.699. The lowest BCUT2D eigenvalue weighted by Gasteiger charge is -2.31. The Balaban J connectivity index is 1.63. The molecule has 1 aliphatic rings. The molecule has 114 valence electrons. The minimum absolute atomic E-state index is 0.0239. The van der Waals surface area contributed by atoms with Crippen molar-refractivity contribution in [3.05, 3.63) is 52.2 Å². The molecule has 0 aliphatic carbocycles. The highest BCUT2D eigenvalue weighted by Gasteiger charge is 2.29. The van der Waals surface area contributed by atoms with Crippen molar-refractivity contribution in [3.8, 4) is 0 Å². The van der Waals surface area contributed by atoms with Gasteiger partial charge in [0.15, 0.2) is 5.78 Å². The molecule has 0 bridgehead atoms. The number of carbonyl (C=O) groups excluding carboxylic acids is 2. The summed E-state index contributed by atoms with van der Waals surface area (Å²) in [7, 11) is 0. The third kappa shape index (κ3) is 2.90. The number of nitrogen functional groups attached to an aromatic ring is 1. The Kier molecular flexibility index (Phi) is 4.24. The van der Waals surface area contributed by atoms with Crippen molar-refractivity contribution in [2.45, 2.75) is 12.8 Å². The number of carbonyl (C=O) groups is 2. The van der Waals surface area contributed by atoms with Gasteiger partial charge < -0.3 is 10.6 Å². The summed E-state index contributed by atoms with van der Waals surface area (Å²) in [6.45, 7) is 1.21. The maximum Gasteiger partial charge on any atom is 0.255 e. The number of likely N-dealkylation sites (tertiary alicyclic amines) is 1. The standard InChI is InChI=1S/C17H18N2O2S/c18-14-5-2-1-4-13(14)17(21)19-9-7-12(8-10-19)16(20)15-6-3-11-22-15/h1-6,11-12H,7-10,18H2. The number of para-hydroxylation sites is 1. The van der Waals surface area contributed by atoms with Gasteiger partial charge in [0.25, 0.3) is 5.91 Å². The van der Waals surface area contributed by atoms with Crippen molar-refractivity contribution >= 4 is 28.7 Å². The summed E-state index contributed by atoms with van der Waals surface area (Å²) in [5, 5.41) is 1.92. The molecule has 0 atom stereocenters. The van der Waals surface area contributed by atoms with E-state index in [1.54, 1.807) is 17.0 Å². The van der Waals surface area contributed by atoms with Gasteiger partial charge in [0, 0.05) is 24.7 Å². The van der Waals surface area contributed by atoms with Gasteiger partial charge in [-0.25, -0.2) is 0 Å². The maximum absolute atomic E-state index is 12.5. The maximum atomic E-state index is 12.5. The molecule has 1 saturated heterocycles. The predicted octanol–water partition coefficient (Wildman–Crippen LogP) is 3.07. The second-order valence-corrected chi connectivity index (χ2v) is 6.44. The molecule has 2 N–H and O–H groups in total. The third-order valence-corrected chi connectivity index (χ3v) is 4.99. The summed E-state index contributed by atoms with van der Waals surface area (Å²) in [6, 6.07) is 10.9. The first-order chi connectivity index (χ1) is 10.7. The largest absolute Gasteiger partial charge is 0.398 e. The first-order valence-corrected chi connectivity index (χ1v) is 8.26. The Bertz CT molecular complexity index is 674. The van der Waals surface area contributed by atoms with Crippen LogP contribution < -0.4 is 5.73 Å². The smallest absolute Gasteiger partial charge is 0.255 e. The van der Waals surface area contributed by atoms with Crippen LogP contribution in [0.15, 0.2) is 41.8 Å². The second kappa shape index (κ2) is 6.32. The number of rotatable bonds is 3. The molecule has 0 unspecified atom stereocenters. The summed E-state index contributed by atoms with van der Waals surface area (Å²) in [4.78, 5) is 27.4. The normalized spacial score (nSPS) is 15.7. The number of nitrogens with zero attached hydrogens (tertiary/aromatic N) is 1. The van der Waals surface area contributed by atoms with Crippen LogP contribution in [0.25, 0.3) is 0 Å². The summed E-state index contributed by atoms with van der Waals surface area (Å²) < 4.78 is 0. The minimum atomic E-state index is -0.0416. The van der Waals surface area contributed by atoms with Crippen LogP contribution in [0.3, 0.4) is 0 Å². The molecule has 0 saturated carbocycles. The predicted molar refractivity (Wildman–Crippen MR) is 88.1 cm³/mol. The highest BCUT2D eigenvalue weighted by molar-refractivity contribution is 7.12. The van der Waals surface area contributed by atoms with E-state index in [0.717, 1.165) is 17.7 Å². The first-order valence-electron chi connectivity index (χ1n) is 7.38. The molecule has 22 heavy (non-hydrogen) atoms. The molecule has 3 rings (SSSR count). The van der Waals surface area contributed by atoms with Gasteiger partial charge >= 0.3 is 0 Å². The Hall–Kier alpha value is -2.14. The summed E-state index contributed by atoms with van der Waals surface area (Å²) >= 11 is 1.48. The number of ketones is 1. The SMILES string of the molecule is Nc1ccccc1C(=O)N1CCC(C(=O)c2cccs2)CC1. The minimum Gasteiger partial charge on any atom is -0.398 e. The van der Waals surface area contributed by atoms with E-state index in [-0.39, 0.29) is 17.6 Å². The van der Waals surface area contributed by atoms with Gasteiger partial charge in [0.05, 0.1) is 10.4 Å². The molecule has 5 heteroatoms. The molecule has 2 heterocycles. The Morgan fingerprint density at radius 3 is 2.45 bits per heavy atom. The van der Waals surface area contributed by atoms with Gasteiger partial charge in [-0.3, -0.25) is 9.59 Å². The number of anilines is 1. The van der Waals surface area contributed by atoms with E-state index in [0.29, 0.717) is 24.3 Å². The number of hydrogen-bond acceptors (Lipinski definition) is 4. The van der Waals surface area contributed by atoms with E-state index in [1.807, 2.05) is 29.6 Å². The molecule has 1 aromatic carbocycles. The van der Waals surface area contributed by atoms with Crippen LogP contribution in [0.1, 0.15) is 32.9 Å². The molecule has 2 aromatic rings. The number of piperidine rings is 1. The molecule has 0 radical (unpaired) electrons. The topological polar surface area (TPSA) is 63.4 Å². The van der Waals surface area contributed by atoms with Gasteiger partial charge in [0.1, 0.15) is 0 Å². The van der Waals surface area contributed by atoms with Gasteiger partial charge in [-0.2, -0.15) is 0 Å². The van der Waals surface area contributed by atoms with Crippen molar-refractivity contribution in [1.82, 2.24) is 4.90 Å². The first kappa shape index (κ1) is 14.8. The number of nitrogens with two attached hydrogens (primary N) is 1. The van der Waals surface area contributed by atoms with Crippen molar-refractivity contribution in [1.29, 1.82) is 0 Å². The molecule has 4 nitrogen and oxygen atoms in total. The van der Waals surface area contributed by atoms with E-state index in [2.05, 4.69) is 0 Å². The number of Topliss-reactive ketones (excluding diaryl/α,β-unsaturated/α-hetero) is 1. The Morgan fingerprint density at radius 1 is 1.09 bits per heavy atom. The van der Waals surface area contributed by atoms with E-state index < -0.39 is 0 Å². The monoisotopic (exact) mass is 314 g/mol. The number of benzene rings is 1. The fourth-order valence-corrected chi connectivity index (χ4v) is 3.57. The fourth-order valence-electron chi connectivity index (χ4n) is 2.83. The van der Waals surface area contributed by atoms with E-state index in [1.165, 1.54) is 11.3 Å². The van der Waals surface area contributed by atoms with Crippen molar-refractivity contribution in [3.63, 3.8) is 0 Å². The second-order valence-electron chi connectivity index (χ2n) is 5.50. The number of hydrogen-bond donors (Lipinski definition) is 1. The van der Waals surface area contributed by atoms with Gasteiger partial charge in [0.2, 0.25) is 0 Å². The van der Waals surface area contributed by atoms with Gasteiger partial charge in [-0.1, -0.05) is 18.2 Å². The third-order valence-electron chi connectivity index (χ3n) is 4.11. The molecule has 1 amide bonds. The lowest BCUT2D eigenvalue weighted by molar-refractivity contribution is 0.0652. The highest BCUT2D eigenvalue weighted by atomic mass is 32.1. The zero-order valence-corrected chi connectivity index (χ0v) is 13.0. The van der Waals surface area contributed by atoms with Crippen LogP contribution in [0.4, 0.5) is 5.69 Å². The van der Waals surface area contributed by atoms with Crippen LogP contribution in [0.2, 0.25) is 0 Å². The summed E-state index contributed by atoms with van der Waals surface area (Å²) in [6.07, 6.45) is 1.43. The lowest BCUT2D eigenvalue weighted by Crippen LogP contribution is -2.40. The van der Waals surface area contributed by atoms with Gasteiger partial charge in [-0.05, 0) is 36.4 Å². The Morgan fingerprint density at radius 2 is 1.82 bits per heavy atom. The van der Waals surface area contributed by atoms with Crippen LogP contribution in [0, 0.1) is 5.92 Å².